The van der Waals surface area contributed by atoms with Crippen LogP contribution in [0.1, 0.15) is 45.4 Å². The molecule has 0 atom stereocenters. The van der Waals surface area contributed by atoms with Crippen LogP contribution in [0.3, 0.4) is 0 Å². The van der Waals surface area contributed by atoms with E-state index in [0.717, 1.165) is 41.5 Å². The van der Waals surface area contributed by atoms with Crippen molar-refractivity contribution in [2.45, 2.75) is 51.5 Å². The van der Waals surface area contributed by atoms with Crippen molar-refractivity contribution >= 4 is 26.5 Å². The third-order valence-electron chi connectivity index (χ3n) is 4.73. The van der Waals surface area contributed by atoms with Gasteiger partial charge in [-0.1, -0.05) is 19.8 Å². The molecular weight excluding hydrogens is 382 g/mol. The average molecular weight is 425 g/mol. The Morgan fingerprint density at radius 1 is 0.926 bits per heavy atom. The Bertz CT molecular complexity index is 373. The zero-order chi connectivity index (χ0) is 20.6. The number of likely N-dealkylation sites (N-methyl/N-ethyl adjacent to an activating group) is 1. The van der Waals surface area contributed by atoms with Gasteiger partial charge >= 0.3 is 14.8 Å². The van der Waals surface area contributed by atoms with Gasteiger partial charge in [-0.05, 0) is 25.0 Å². The molecule has 0 radical (unpaired) electrons. The molecular formula is C19H42NO5SSi+. The molecule has 0 amide bonds. The molecule has 0 N–H and O–H groups in total. The number of thioether (sulfide) groups is 1. The van der Waals surface area contributed by atoms with Crippen LogP contribution in [0.15, 0.2) is 0 Å². The molecule has 6 nitrogen and oxygen atoms in total. The number of hydrogen-bond acceptors (Lipinski definition) is 6. The number of carbonyl (C=O) groups is 1. The molecule has 0 rings (SSSR count). The van der Waals surface area contributed by atoms with E-state index in [2.05, 4.69) is 21.0 Å². The lowest BCUT2D eigenvalue weighted by Crippen LogP contribution is -2.43. The number of unbranched alkanes of at least 4 members (excludes halogenated alkanes) is 3. The molecule has 0 unspecified atom stereocenters. The van der Waals surface area contributed by atoms with Crippen molar-refractivity contribution in [3.05, 3.63) is 0 Å². The van der Waals surface area contributed by atoms with E-state index >= 15 is 0 Å². The second-order valence-corrected chi connectivity index (χ2v) is 11.7. The van der Waals surface area contributed by atoms with Gasteiger partial charge in [-0.15, -0.1) is 0 Å². The highest BCUT2D eigenvalue weighted by Crippen LogP contribution is 2.17. The van der Waals surface area contributed by atoms with E-state index in [9.17, 15) is 4.79 Å². The SMILES string of the molecule is CCCCCC[N+](C)(C)CCOC(=O)CCSCCC[Si](OC)(OC)OC. The summed E-state index contributed by atoms with van der Waals surface area (Å²) in [6.45, 7) is 4.75. The number of hydrogen-bond donors (Lipinski definition) is 0. The standard InChI is InChI=1S/C19H42NO5SSi/c1-7-8-9-10-13-20(2,3)14-15-25-19(21)12-17-26-16-11-18-27(22-4,23-5)24-6/h7-18H2,1-6H3/q+1. The van der Waals surface area contributed by atoms with Gasteiger partial charge in [-0.3, -0.25) is 4.79 Å². The zero-order valence-corrected chi connectivity index (χ0v) is 20.2. The third-order valence-corrected chi connectivity index (χ3v) is 8.63. The van der Waals surface area contributed by atoms with Crippen LogP contribution in [-0.2, 0) is 22.8 Å². The first-order chi connectivity index (χ1) is 12.8. The summed E-state index contributed by atoms with van der Waals surface area (Å²) in [5.41, 5.74) is 0. The largest absolute Gasteiger partial charge is 0.500 e. The predicted octanol–water partition coefficient (Wildman–Crippen LogP) is 3.58. The smallest absolute Gasteiger partial charge is 0.460 e. The van der Waals surface area contributed by atoms with Crippen LogP contribution >= 0.6 is 11.8 Å². The monoisotopic (exact) mass is 424 g/mol. The first-order valence-electron chi connectivity index (χ1n) is 10.1. The van der Waals surface area contributed by atoms with E-state index in [1.807, 2.05) is 0 Å². The van der Waals surface area contributed by atoms with Gasteiger partial charge in [0.05, 0.1) is 27.1 Å². The highest BCUT2D eigenvalue weighted by molar-refractivity contribution is 7.99. The summed E-state index contributed by atoms with van der Waals surface area (Å²) in [6, 6.07) is 0.791. The van der Waals surface area contributed by atoms with Gasteiger partial charge in [0.2, 0.25) is 0 Å². The molecule has 0 spiro atoms. The quantitative estimate of drug-likeness (QED) is 0.145. The first-order valence-corrected chi connectivity index (χ1v) is 13.1. The number of carbonyl (C=O) groups excluding carboxylic acids is 1. The number of rotatable bonds is 18. The molecule has 0 aromatic carbocycles. The minimum absolute atomic E-state index is 0.0946. The molecule has 0 saturated heterocycles. The van der Waals surface area contributed by atoms with Crippen molar-refractivity contribution in [3.8, 4) is 0 Å². The molecule has 0 aliphatic rings. The lowest BCUT2D eigenvalue weighted by Gasteiger charge is -2.29. The Kier molecular flexibility index (Phi) is 15.7. The second-order valence-electron chi connectivity index (χ2n) is 7.43. The van der Waals surface area contributed by atoms with Gasteiger partial charge < -0.3 is 22.5 Å². The summed E-state index contributed by atoms with van der Waals surface area (Å²) in [6.07, 6.45) is 6.51. The molecule has 0 fully saturated rings. The highest BCUT2D eigenvalue weighted by Gasteiger charge is 2.36. The molecule has 0 bridgehead atoms. The Hall–Kier alpha value is -0.123. The van der Waals surface area contributed by atoms with Gasteiger partial charge in [0, 0.05) is 33.1 Å². The van der Waals surface area contributed by atoms with Crippen molar-refractivity contribution < 1.29 is 27.3 Å². The van der Waals surface area contributed by atoms with Crippen molar-refractivity contribution in [2.24, 2.45) is 0 Å². The minimum Gasteiger partial charge on any atom is -0.460 e. The average Bonchev–Trinajstić information content (AvgIpc) is 2.65. The van der Waals surface area contributed by atoms with Gasteiger partial charge in [-0.25, -0.2) is 0 Å². The van der Waals surface area contributed by atoms with Crippen molar-refractivity contribution in [1.82, 2.24) is 0 Å². The van der Waals surface area contributed by atoms with Gasteiger partial charge in [0.1, 0.15) is 13.2 Å². The fourth-order valence-corrected chi connectivity index (χ4v) is 5.60. The summed E-state index contributed by atoms with van der Waals surface area (Å²) in [5.74, 6) is 1.65. The van der Waals surface area contributed by atoms with Gasteiger partial charge in [0.15, 0.2) is 0 Å². The second kappa shape index (κ2) is 15.8. The molecule has 8 heteroatoms. The fourth-order valence-electron chi connectivity index (χ4n) is 2.76. The minimum atomic E-state index is -2.46. The van der Waals surface area contributed by atoms with Crippen LogP contribution in [-0.4, -0.2) is 85.9 Å². The molecule has 27 heavy (non-hydrogen) atoms. The van der Waals surface area contributed by atoms with Crippen LogP contribution < -0.4 is 0 Å². The van der Waals surface area contributed by atoms with Gasteiger partial charge in [-0.2, -0.15) is 11.8 Å². The maximum absolute atomic E-state index is 11.9. The summed E-state index contributed by atoms with van der Waals surface area (Å²) in [5, 5.41) is 0. The number of esters is 1. The topological polar surface area (TPSA) is 54.0 Å². The fraction of sp³-hybridized carbons (Fsp3) is 0.947. The van der Waals surface area contributed by atoms with E-state index in [1.54, 1.807) is 33.1 Å². The first kappa shape index (κ1) is 26.9. The lowest BCUT2D eigenvalue weighted by atomic mass is 10.2. The lowest BCUT2D eigenvalue weighted by molar-refractivity contribution is -0.890. The van der Waals surface area contributed by atoms with E-state index in [1.165, 1.54) is 25.7 Å². The maximum atomic E-state index is 11.9. The van der Waals surface area contributed by atoms with E-state index in [-0.39, 0.29) is 5.97 Å². The molecule has 0 aromatic rings. The number of quaternary nitrogens is 1. The summed E-state index contributed by atoms with van der Waals surface area (Å²) >= 11 is 1.76. The summed E-state index contributed by atoms with van der Waals surface area (Å²) in [4.78, 5) is 11.9. The summed E-state index contributed by atoms with van der Waals surface area (Å²) < 4.78 is 22.5. The molecule has 0 heterocycles. The maximum Gasteiger partial charge on any atom is 0.500 e. The van der Waals surface area contributed by atoms with Gasteiger partial charge in [0.25, 0.3) is 0 Å². The number of ether oxygens (including phenoxy) is 1. The van der Waals surface area contributed by atoms with E-state index in [4.69, 9.17) is 18.0 Å². The van der Waals surface area contributed by atoms with Crippen molar-refractivity contribution in [2.75, 3.05) is 66.6 Å². The van der Waals surface area contributed by atoms with Crippen LogP contribution in [0.4, 0.5) is 0 Å². The van der Waals surface area contributed by atoms with Crippen LogP contribution in [0.2, 0.25) is 6.04 Å². The van der Waals surface area contributed by atoms with E-state index < -0.39 is 8.80 Å². The summed E-state index contributed by atoms with van der Waals surface area (Å²) in [7, 11) is 6.86. The van der Waals surface area contributed by atoms with Crippen molar-refractivity contribution in [3.63, 3.8) is 0 Å². The van der Waals surface area contributed by atoms with Crippen molar-refractivity contribution in [1.29, 1.82) is 0 Å². The molecule has 0 saturated carbocycles. The predicted molar refractivity (Wildman–Crippen MR) is 115 cm³/mol. The van der Waals surface area contributed by atoms with Crippen LogP contribution in [0, 0.1) is 0 Å². The molecule has 0 aromatic heterocycles. The Morgan fingerprint density at radius 2 is 1.59 bits per heavy atom. The van der Waals surface area contributed by atoms with E-state index in [0.29, 0.717) is 13.0 Å². The van der Waals surface area contributed by atoms with Crippen LogP contribution in [0.5, 0.6) is 0 Å². The third kappa shape index (κ3) is 13.6. The molecule has 0 aliphatic heterocycles. The Balaban J connectivity index is 3.72. The highest BCUT2D eigenvalue weighted by atomic mass is 32.2. The Morgan fingerprint density at radius 3 is 2.19 bits per heavy atom. The molecule has 162 valence electrons. The van der Waals surface area contributed by atoms with Crippen LogP contribution in [0.25, 0.3) is 0 Å². The number of nitrogens with zero attached hydrogens (tertiary/aromatic N) is 1. The Labute approximate surface area is 172 Å². The normalized spacial score (nSPS) is 12.4. The molecule has 0 aliphatic carbocycles. The zero-order valence-electron chi connectivity index (χ0n) is 18.4.